The molecule has 0 spiro atoms. The van der Waals surface area contributed by atoms with Crippen molar-refractivity contribution < 1.29 is 108 Å². The second-order valence-corrected chi connectivity index (χ2v) is 26.9. The number of carbonyl (C=O) groups is 7. The number of amides is 5. The number of aliphatic hydroxyl groups excluding tert-OH is 6. The smallest absolute Gasteiger partial charge is 0.245 e. The quantitative estimate of drug-likeness (QED) is 0.0842. The van der Waals surface area contributed by atoms with E-state index in [2.05, 4.69) is 21.3 Å². The fourth-order valence-electron chi connectivity index (χ4n) is 13.0. The topological polar surface area (TPSA) is 457 Å². The molecule has 7 aliphatic rings. The number of ketones is 2. The summed E-state index contributed by atoms with van der Waals surface area (Å²) in [7, 11) is 0. The Morgan fingerprint density at radius 1 is 0.755 bits per heavy atom. The van der Waals surface area contributed by atoms with Gasteiger partial charge in [-0.25, -0.2) is 0 Å². The summed E-state index contributed by atoms with van der Waals surface area (Å²) in [6.45, 7) is 7.17. The SMILES string of the molecule is CCC(CC(C)C)C(=O)NC1C(=O)CC(CC(N)=O)C(=O)NC2C(=O)CC3C(=O)NC(C(=O)NCc4cc(O)cc(O)c4-c4cc3ccc4O)C(O)c3ccc(c(Cl)c3)Oc3cc2cc(c3OC2OC(CO)C(O)C(O)C2OC2CC(C)(N)C(O)C(C)O2)Oc2ccc(cc2Cl)C1O. The van der Waals surface area contributed by atoms with Crippen molar-refractivity contribution in [2.75, 3.05) is 6.61 Å². The van der Waals surface area contributed by atoms with Crippen LogP contribution in [0.25, 0.3) is 11.1 Å². The first-order valence-electron chi connectivity index (χ1n) is 31.8. The summed E-state index contributed by atoms with van der Waals surface area (Å²) in [5.74, 6) is -15.2. The Morgan fingerprint density at radius 2 is 1.40 bits per heavy atom. The van der Waals surface area contributed by atoms with E-state index in [1.165, 1.54) is 68.4 Å². The highest BCUT2D eigenvalue weighted by molar-refractivity contribution is 6.32. The Kier molecular flexibility index (Phi) is 22.0. The van der Waals surface area contributed by atoms with Gasteiger partial charge < -0.3 is 107 Å². The van der Waals surface area contributed by atoms with Crippen LogP contribution in [0.15, 0.2) is 78.9 Å². The van der Waals surface area contributed by atoms with Gasteiger partial charge in [-0.05, 0) is 115 Å². The number of ether oxygens (including phenoxy) is 6. The minimum Gasteiger partial charge on any atom is -0.508 e. The van der Waals surface area contributed by atoms with Crippen LogP contribution in [-0.2, 0) is 54.3 Å². The summed E-state index contributed by atoms with van der Waals surface area (Å²) < 4.78 is 38.5. The molecule has 5 aromatic rings. The first-order chi connectivity index (χ1) is 46.3. The number of benzene rings is 5. The van der Waals surface area contributed by atoms with Gasteiger partial charge in [0, 0.05) is 60.9 Å². The van der Waals surface area contributed by atoms with Crippen molar-refractivity contribution >= 4 is 64.3 Å². The fourth-order valence-corrected chi connectivity index (χ4v) is 13.4. The molecule has 17 unspecified atom stereocenters. The van der Waals surface area contributed by atoms with Crippen LogP contribution in [0.2, 0.25) is 10.0 Å². The van der Waals surface area contributed by atoms with Gasteiger partial charge in [-0.15, -0.1) is 0 Å². The van der Waals surface area contributed by atoms with Crippen molar-refractivity contribution in [3.05, 3.63) is 117 Å². The molecule has 17 atom stereocenters. The fraction of sp³-hybridized carbons (Fsp3) is 0.456. The predicted octanol–water partition coefficient (Wildman–Crippen LogP) is 3.89. The van der Waals surface area contributed by atoms with Gasteiger partial charge in [0.15, 0.2) is 35.5 Å². The van der Waals surface area contributed by atoms with Gasteiger partial charge in [-0.1, -0.05) is 62.2 Å². The monoisotopic (exact) mass is 1400 g/mol. The van der Waals surface area contributed by atoms with Gasteiger partial charge in [0.1, 0.15) is 77.4 Å². The highest BCUT2D eigenvalue weighted by atomic mass is 35.5. The minimum atomic E-state index is -2.11. The molecule has 30 heteroatoms. The number of primary amides is 1. The maximum absolute atomic E-state index is 16.1. The summed E-state index contributed by atoms with van der Waals surface area (Å²) in [6.07, 6.45) is -19.0. The van der Waals surface area contributed by atoms with Gasteiger partial charge in [0.2, 0.25) is 41.6 Å². The first kappa shape index (κ1) is 72.5. The van der Waals surface area contributed by atoms with Crippen molar-refractivity contribution in [1.29, 1.82) is 0 Å². The molecular weight excluding hydrogens is 1320 g/mol. The molecule has 11 bridgehead atoms. The Morgan fingerprint density at radius 3 is 2.00 bits per heavy atom. The van der Waals surface area contributed by atoms with Gasteiger partial charge in [0.05, 0.1) is 40.7 Å². The van der Waals surface area contributed by atoms with Crippen LogP contribution in [0.3, 0.4) is 0 Å². The number of carbonyl (C=O) groups excluding carboxylic acids is 7. The van der Waals surface area contributed by atoms with Crippen LogP contribution in [0.5, 0.6) is 46.0 Å². The normalized spacial score (nSPS) is 29.4. The predicted molar refractivity (Wildman–Crippen MR) is 346 cm³/mol. The Labute approximate surface area is 571 Å². The number of phenolic OH excluding ortho intramolecular Hbond substituents is 3. The number of nitrogens with one attached hydrogen (secondary N) is 4. The highest BCUT2D eigenvalue weighted by Gasteiger charge is 2.51. The van der Waals surface area contributed by atoms with E-state index < -0.39 is 211 Å². The number of aliphatic hydroxyl groups is 6. The molecule has 5 amide bonds. The molecule has 2 fully saturated rings. The second-order valence-electron chi connectivity index (χ2n) is 26.1. The third-order valence-electron chi connectivity index (χ3n) is 18.3. The van der Waals surface area contributed by atoms with E-state index in [1.807, 2.05) is 13.8 Å². The molecule has 7 heterocycles. The van der Waals surface area contributed by atoms with Crippen molar-refractivity contribution in [2.45, 2.75) is 171 Å². The largest absolute Gasteiger partial charge is 0.508 e. The zero-order chi connectivity index (χ0) is 71.1. The zero-order valence-corrected chi connectivity index (χ0v) is 55.2. The lowest BCUT2D eigenvalue weighted by atomic mass is 9.85. The number of rotatable bonds is 12. The minimum absolute atomic E-state index is 0.00554. The molecule has 0 radical (unpaired) electrons. The van der Waals surface area contributed by atoms with Crippen LogP contribution in [0.4, 0.5) is 0 Å². The molecular formula is C68H78Cl2N6O22. The number of Topliss-reactive ketones (excluding diaryl/α,β-unsaturated/α-hetero) is 2. The van der Waals surface area contributed by atoms with E-state index in [9.17, 15) is 65.1 Å². The average Bonchev–Trinajstić information content (AvgIpc) is 0.777. The standard InChI is InChI=1S/C68H78Cl2N6O22/c1-6-29(13-27(2)3)63(89)75-54-43(81)18-34(21-50(71)83)64(90)74-53-33-19-47(94-45-11-8-31(56(54)84)16-39(45)69)60(98-67-61(59(87)58(86)49(26-77)96-67)97-51-24-68(5,72)62(88)28(4)93-51)48(20-33)95-46-12-9-32(17-40(46)70)57(85)55-66(92)73-25-35-14-36(78)22-42(80)52(35)38-15-30(7-10-41(38)79)37(23-44(53)82)65(91)76-55/h7-12,14-17,19-20,22,27-29,34,37,49,51,53-59,61-62,67,77-80,84-88H,6,13,18,21,23-26,72H2,1-5H3,(H2,71,83)(H,73,92)(H,74,90)(H,75,89)(H,76,91). The Bertz CT molecular complexity index is 3910. The Hall–Kier alpha value is -8.23. The maximum Gasteiger partial charge on any atom is 0.245 e. The van der Waals surface area contributed by atoms with Crippen molar-refractivity contribution in [3.63, 3.8) is 0 Å². The van der Waals surface area contributed by atoms with E-state index in [-0.39, 0.29) is 72.8 Å². The third kappa shape index (κ3) is 15.5. The summed E-state index contributed by atoms with van der Waals surface area (Å²) in [5.41, 5.74) is 10.1. The van der Waals surface area contributed by atoms with Gasteiger partial charge >= 0.3 is 0 Å². The molecule has 28 nitrogen and oxygen atoms in total. The van der Waals surface area contributed by atoms with E-state index in [0.717, 1.165) is 24.3 Å². The van der Waals surface area contributed by atoms with Crippen LogP contribution < -0.4 is 46.9 Å². The van der Waals surface area contributed by atoms with Crippen LogP contribution in [0.1, 0.15) is 125 Å². The van der Waals surface area contributed by atoms with Crippen LogP contribution in [0, 0.1) is 17.8 Å². The number of phenols is 3. The molecule has 7 aliphatic heterocycles. The molecule has 0 aromatic heterocycles. The number of halogens is 2. The van der Waals surface area contributed by atoms with Crippen molar-refractivity contribution in [1.82, 2.24) is 21.3 Å². The van der Waals surface area contributed by atoms with Gasteiger partial charge in [0.25, 0.3) is 0 Å². The molecule has 526 valence electrons. The van der Waals surface area contributed by atoms with E-state index >= 15 is 14.4 Å². The summed E-state index contributed by atoms with van der Waals surface area (Å²) in [4.78, 5) is 104. The van der Waals surface area contributed by atoms with Gasteiger partial charge in [-0.2, -0.15) is 0 Å². The maximum atomic E-state index is 16.1. The Balaban J connectivity index is 1.23. The number of hydrogen-bond acceptors (Lipinski definition) is 23. The third-order valence-corrected chi connectivity index (χ3v) is 18.9. The number of aromatic hydroxyl groups is 3. The van der Waals surface area contributed by atoms with E-state index in [4.69, 9.17) is 63.1 Å². The highest BCUT2D eigenvalue weighted by Crippen LogP contribution is 2.50. The first-order valence-corrected chi connectivity index (χ1v) is 32.6. The van der Waals surface area contributed by atoms with Crippen LogP contribution in [-0.4, -0.2) is 160 Å². The lowest BCUT2D eigenvalue weighted by molar-refractivity contribution is -0.333. The lowest BCUT2D eigenvalue weighted by Gasteiger charge is -2.47. The molecule has 0 saturated carbocycles. The zero-order valence-electron chi connectivity index (χ0n) is 53.7. The number of nitrogens with two attached hydrogens (primary N) is 2. The average molecular weight is 1400 g/mol. The molecule has 0 aliphatic carbocycles. The van der Waals surface area contributed by atoms with Crippen molar-refractivity contribution in [3.8, 4) is 57.1 Å². The summed E-state index contributed by atoms with van der Waals surface area (Å²) in [6, 6.07) is 9.62. The second kappa shape index (κ2) is 29.7. The van der Waals surface area contributed by atoms with Crippen molar-refractivity contribution in [2.24, 2.45) is 29.2 Å². The lowest BCUT2D eigenvalue weighted by Crippen LogP contribution is -2.64. The number of hydrogen-bond donors (Lipinski definition) is 15. The number of fused-ring (bicyclic) bond motifs is 15. The summed E-state index contributed by atoms with van der Waals surface area (Å²) >= 11 is 14.2. The molecule has 98 heavy (non-hydrogen) atoms. The van der Waals surface area contributed by atoms with Gasteiger partial charge in [-0.3, -0.25) is 33.6 Å². The molecule has 17 N–H and O–H groups in total. The molecule has 5 aromatic carbocycles. The van der Waals surface area contributed by atoms with Crippen LogP contribution >= 0.6 is 23.2 Å². The molecule has 12 rings (SSSR count). The summed E-state index contributed by atoms with van der Waals surface area (Å²) in [5, 5.41) is 113. The van der Waals surface area contributed by atoms with E-state index in [0.29, 0.717) is 12.8 Å². The molecule has 2 saturated heterocycles. The van der Waals surface area contributed by atoms with E-state index in [1.54, 1.807) is 6.92 Å².